The van der Waals surface area contributed by atoms with Crippen LogP contribution in [0.15, 0.2) is 42.5 Å². The monoisotopic (exact) mass is 442 g/mol. The van der Waals surface area contributed by atoms with Crippen molar-refractivity contribution in [2.75, 3.05) is 26.9 Å². The highest BCUT2D eigenvalue weighted by Crippen LogP contribution is 2.32. The van der Waals surface area contributed by atoms with Gasteiger partial charge in [0.2, 0.25) is 0 Å². The summed E-state index contributed by atoms with van der Waals surface area (Å²) in [6.45, 7) is 2.00. The molecule has 0 amide bonds. The Morgan fingerprint density at radius 3 is 2.32 bits per heavy atom. The molecule has 2 aromatic rings. The number of aryl methyl sites for hydroxylation is 1. The van der Waals surface area contributed by atoms with Gasteiger partial charge in [0.1, 0.15) is 5.75 Å². The van der Waals surface area contributed by atoms with Crippen molar-refractivity contribution in [2.24, 2.45) is 5.92 Å². The van der Waals surface area contributed by atoms with Gasteiger partial charge in [-0.05, 0) is 49.1 Å². The van der Waals surface area contributed by atoms with Gasteiger partial charge in [-0.15, -0.1) is 0 Å². The molecule has 8 heteroatoms. The summed E-state index contributed by atoms with van der Waals surface area (Å²) in [7, 11) is 1.68. The molecular weight excluding hydrogens is 416 g/mol. The minimum Gasteiger partial charge on any atom is -0.429 e. The molecule has 4 nitrogen and oxygen atoms in total. The molecule has 0 radical (unpaired) electrons. The van der Waals surface area contributed by atoms with E-state index in [9.17, 15) is 17.6 Å². The van der Waals surface area contributed by atoms with Gasteiger partial charge in [-0.1, -0.05) is 12.1 Å². The number of halogens is 4. The minimum absolute atomic E-state index is 0.309. The lowest BCUT2D eigenvalue weighted by Crippen LogP contribution is -2.32. The van der Waals surface area contributed by atoms with E-state index in [-0.39, 0.29) is 11.9 Å². The standard InChI is InChI=1S/C23H26F4O4/c1-28-12-2-3-17-14-29-22(30-15-17)11-6-16-4-7-18(8-5-16)23(26,27)31-19-9-10-20(24)21(25)13-19/h4-5,7-10,13,17,22H,2-3,6,11-12,14-15H2,1H3. The largest absolute Gasteiger partial charge is 0.429 e. The molecule has 0 spiro atoms. The average molecular weight is 442 g/mol. The maximum absolute atomic E-state index is 14.3. The molecule has 1 fully saturated rings. The predicted molar refractivity (Wildman–Crippen MR) is 106 cm³/mol. The van der Waals surface area contributed by atoms with Crippen LogP contribution in [0.2, 0.25) is 0 Å². The lowest BCUT2D eigenvalue weighted by Gasteiger charge is -2.29. The molecule has 1 saturated heterocycles. The average Bonchev–Trinajstić information content (AvgIpc) is 2.76. The second kappa shape index (κ2) is 10.9. The summed E-state index contributed by atoms with van der Waals surface area (Å²) >= 11 is 0. The molecule has 0 aromatic heterocycles. The maximum atomic E-state index is 14.3. The molecule has 0 unspecified atom stereocenters. The van der Waals surface area contributed by atoms with Crippen LogP contribution < -0.4 is 4.74 Å². The molecule has 1 aliphatic rings. The highest BCUT2D eigenvalue weighted by Gasteiger charge is 2.34. The molecule has 3 rings (SSSR count). The molecule has 0 bridgehead atoms. The van der Waals surface area contributed by atoms with Gasteiger partial charge >= 0.3 is 6.11 Å². The van der Waals surface area contributed by atoms with Crippen molar-refractivity contribution in [3.8, 4) is 5.75 Å². The highest BCUT2D eigenvalue weighted by atomic mass is 19.3. The van der Waals surface area contributed by atoms with E-state index < -0.39 is 23.5 Å². The summed E-state index contributed by atoms with van der Waals surface area (Å²) in [5, 5.41) is 0. The van der Waals surface area contributed by atoms with Crippen molar-refractivity contribution >= 4 is 0 Å². The number of rotatable bonds is 10. The fraction of sp³-hybridized carbons (Fsp3) is 0.478. The van der Waals surface area contributed by atoms with Crippen LogP contribution in [-0.2, 0) is 26.7 Å². The van der Waals surface area contributed by atoms with E-state index in [0.29, 0.717) is 38.0 Å². The van der Waals surface area contributed by atoms with Crippen molar-refractivity contribution in [1.82, 2.24) is 0 Å². The minimum atomic E-state index is -3.68. The van der Waals surface area contributed by atoms with Gasteiger partial charge in [0, 0.05) is 32.1 Å². The summed E-state index contributed by atoms with van der Waals surface area (Å²) in [5.41, 5.74) is 0.465. The molecule has 2 aromatic carbocycles. The van der Waals surface area contributed by atoms with E-state index in [1.807, 2.05) is 0 Å². The molecule has 31 heavy (non-hydrogen) atoms. The zero-order valence-electron chi connectivity index (χ0n) is 17.3. The van der Waals surface area contributed by atoms with Gasteiger partial charge in [-0.25, -0.2) is 8.78 Å². The smallest absolute Gasteiger partial charge is 0.426 e. The van der Waals surface area contributed by atoms with Crippen molar-refractivity contribution in [3.63, 3.8) is 0 Å². The Hall–Kier alpha value is -2.16. The summed E-state index contributed by atoms with van der Waals surface area (Å²) in [6, 6.07) is 7.94. The molecule has 0 N–H and O–H groups in total. The van der Waals surface area contributed by atoms with E-state index >= 15 is 0 Å². The molecule has 1 aliphatic heterocycles. The van der Waals surface area contributed by atoms with E-state index in [1.165, 1.54) is 12.1 Å². The summed E-state index contributed by atoms with van der Waals surface area (Å²) < 4.78 is 76.0. The van der Waals surface area contributed by atoms with Crippen molar-refractivity contribution in [3.05, 3.63) is 65.2 Å². The normalized spacial score (nSPS) is 19.4. The first-order valence-corrected chi connectivity index (χ1v) is 10.2. The fourth-order valence-corrected chi connectivity index (χ4v) is 3.33. The van der Waals surface area contributed by atoms with Crippen LogP contribution in [0.25, 0.3) is 0 Å². The number of benzene rings is 2. The summed E-state index contributed by atoms with van der Waals surface area (Å²) in [5.74, 6) is -2.48. The lowest BCUT2D eigenvalue weighted by molar-refractivity contribution is -0.203. The van der Waals surface area contributed by atoms with E-state index in [1.54, 1.807) is 19.2 Å². The first-order valence-electron chi connectivity index (χ1n) is 10.2. The van der Waals surface area contributed by atoms with Crippen LogP contribution in [0, 0.1) is 17.6 Å². The van der Waals surface area contributed by atoms with Crippen molar-refractivity contribution < 1.29 is 36.5 Å². The van der Waals surface area contributed by atoms with Crippen LogP contribution in [0.4, 0.5) is 17.6 Å². The molecule has 1 heterocycles. The predicted octanol–water partition coefficient (Wildman–Crippen LogP) is 5.44. The molecular formula is C23H26F4O4. The van der Waals surface area contributed by atoms with Crippen LogP contribution in [0.3, 0.4) is 0 Å². The Morgan fingerprint density at radius 1 is 0.968 bits per heavy atom. The van der Waals surface area contributed by atoms with Gasteiger partial charge < -0.3 is 18.9 Å². The van der Waals surface area contributed by atoms with Crippen LogP contribution in [0.1, 0.15) is 30.4 Å². The molecule has 0 saturated carbocycles. The van der Waals surface area contributed by atoms with Crippen LogP contribution in [-0.4, -0.2) is 33.2 Å². The Kier molecular flexibility index (Phi) is 8.28. The number of methoxy groups -OCH3 is 1. The zero-order chi connectivity index (χ0) is 22.3. The Labute approximate surface area is 179 Å². The van der Waals surface area contributed by atoms with Crippen molar-refractivity contribution in [2.45, 2.75) is 38.1 Å². The Balaban J connectivity index is 1.47. The number of hydrogen-bond donors (Lipinski definition) is 0. The number of hydrogen-bond acceptors (Lipinski definition) is 4. The van der Waals surface area contributed by atoms with E-state index in [2.05, 4.69) is 4.74 Å². The lowest BCUT2D eigenvalue weighted by atomic mass is 10.0. The fourth-order valence-electron chi connectivity index (χ4n) is 3.33. The van der Waals surface area contributed by atoms with Crippen molar-refractivity contribution in [1.29, 1.82) is 0 Å². The van der Waals surface area contributed by atoms with Gasteiger partial charge in [-0.3, -0.25) is 0 Å². The second-order valence-electron chi connectivity index (χ2n) is 7.53. The Morgan fingerprint density at radius 2 is 1.68 bits per heavy atom. The topological polar surface area (TPSA) is 36.9 Å². The third-order valence-corrected chi connectivity index (χ3v) is 5.09. The Bertz CT molecular complexity index is 821. The zero-order valence-corrected chi connectivity index (χ0v) is 17.3. The van der Waals surface area contributed by atoms with Gasteiger partial charge in [0.25, 0.3) is 0 Å². The first kappa shape index (κ1) is 23.5. The van der Waals surface area contributed by atoms with Gasteiger partial charge in [0.05, 0.1) is 18.8 Å². The SMILES string of the molecule is COCCCC1COC(CCc2ccc(C(F)(F)Oc3ccc(F)c(F)c3)cc2)OC1. The quantitative estimate of drug-likeness (QED) is 0.363. The number of alkyl halides is 2. The second-order valence-corrected chi connectivity index (χ2v) is 7.53. The third kappa shape index (κ3) is 6.92. The summed E-state index contributed by atoms with van der Waals surface area (Å²) in [4.78, 5) is 0. The highest BCUT2D eigenvalue weighted by molar-refractivity contribution is 5.28. The maximum Gasteiger partial charge on any atom is 0.426 e. The van der Waals surface area contributed by atoms with E-state index in [0.717, 1.165) is 37.1 Å². The molecule has 0 aliphatic carbocycles. The third-order valence-electron chi connectivity index (χ3n) is 5.09. The summed E-state index contributed by atoms with van der Waals surface area (Å²) in [6.07, 6.45) is -0.814. The van der Waals surface area contributed by atoms with Gasteiger partial charge in [0.15, 0.2) is 17.9 Å². The van der Waals surface area contributed by atoms with E-state index in [4.69, 9.17) is 14.2 Å². The van der Waals surface area contributed by atoms with Crippen LogP contribution in [0.5, 0.6) is 5.75 Å². The first-order chi connectivity index (χ1) is 14.9. The molecule has 0 atom stereocenters. The van der Waals surface area contributed by atoms with Crippen LogP contribution >= 0.6 is 0 Å². The molecule has 170 valence electrons. The number of ether oxygens (including phenoxy) is 4. The van der Waals surface area contributed by atoms with Gasteiger partial charge in [-0.2, -0.15) is 8.78 Å².